The molecule has 7 atom stereocenters. The van der Waals surface area contributed by atoms with Crippen molar-refractivity contribution in [2.45, 2.75) is 134 Å². The number of alkyl halides is 1. The number of carbonyl (C=O) groups excluding carboxylic acids is 8. The van der Waals surface area contributed by atoms with Gasteiger partial charge in [0.25, 0.3) is 4.51 Å². The van der Waals surface area contributed by atoms with Crippen LogP contribution in [0.1, 0.15) is 116 Å². The fourth-order valence-electron chi connectivity index (χ4n) is 9.32. The van der Waals surface area contributed by atoms with Crippen molar-refractivity contribution in [2.75, 3.05) is 45.0 Å². The zero-order valence-electron chi connectivity index (χ0n) is 57.6. The number of carbonyl (C=O) groups is 8. The normalized spacial score (nSPS) is 20.0. The maximum atomic E-state index is 12.4. The molecular weight excluding hydrogens is 1370 g/mol. The number of cyclic esters (lactones) is 8. The fourth-order valence-corrected chi connectivity index (χ4v) is 11.5. The summed E-state index contributed by atoms with van der Waals surface area (Å²) in [6.07, 6.45) is -4.89. The van der Waals surface area contributed by atoms with Gasteiger partial charge in [0.2, 0.25) is 11.9 Å². The number of hydrogen-bond donors (Lipinski definition) is 2. The molecule has 6 aromatic carbocycles. The minimum absolute atomic E-state index is 0.247. The molecule has 0 N–H and O–H groups in total. The Bertz CT molecular complexity index is 3220. The molecule has 98 heavy (non-hydrogen) atoms. The monoisotopic (exact) mass is 1460 g/mol. The molecule has 2 unspecified atom stereocenters. The van der Waals surface area contributed by atoms with Crippen LogP contribution in [0.15, 0.2) is 199 Å². The molecule has 4 fully saturated rings. The molecule has 0 bridgehead atoms. The second kappa shape index (κ2) is 43.5. The van der Waals surface area contributed by atoms with Crippen LogP contribution >= 0.6 is 53.1 Å². The second-order valence-electron chi connectivity index (χ2n) is 21.7. The zero-order chi connectivity index (χ0) is 73.0. The van der Waals surface area contributed by atoms with Gasteiger partial charge in [0.1, 0.15) is 0 Å². The van der Waals surface area contributed by atoms with Crippen LogP contribution in [-0.2, 0) is 85.7 Å². The molecule has 4 saturated heterocycles. The van der Waals surface area contributed by atoms with E-state index in [1.54, 1.807) is 11.8 Å². The average molecular weight is 1460 g/mol. The van der Waals surface area contributed by atoms with Crippen molar-refractivity contribution in [3.8, 4) is 0 Å². The van der Waals surface area contributed by atoms with Crippen LogP contribution < -0.4 is 0 Å². The minimum atomic E-state index is -1.31. The molecule has 0 aromatic heterocycles. The van der Waals surface area contributed by atoms with Gasteiger partial charge < -0.3 is 47.7 Å². The van der Waals surface area contributed by atoms with E-state index in [0.29, 0.717) is 0 Å². The van der Waals surface area contributed by atoms with E-state index in [1.807, 2.05) is 72.8 Å². The van der Waals surface area contributed by atoms with Crippen molar-refractivity contribution in [1.82, 2.24) is 9.80 Å². The number of halogens is 1. The Balaban J connectivity index is 0.000000318. The summed E-state index contributed by atoms with van der Waals surface area (Å²) in [6, 6.07) is 61.8. The summed E-state index contributed by atoms with van der Waals surface area (Å²) in [4.78, 5) is 93.3. The number of hydrogen-bond acceptors (Lipinski definition) is 22. The molecule has 0 aliphatic carbocycles. The third kappa shape index (κ3) is 25.8. The van der Waals surface area contributed by atoms with E-state index in [9.17, 15) is 38.4 Å². The van der Waals surface area contributed by atoms with E-state index < -0.39 is 98.4 Å². The summed E-state index contributed by atoms with van der Waals surface area (Å²) >= 11 is 12.8. The van der Waals surface area contributed by atoms with Crippen LogP contribution in [-0.4, -0.2) is 151 Å². The van der Waals surface area contributed by atoms with Crippen molar-refractivity contribution in [1.29, 1.82) is 0 Å². The van der Waals surface area contributed by atoms with Crippen LogP contribution in [0.3, 0.4) is 0 Å². The molecule has 525 valence electrons. The third-order valence-corrected chi connectivity index (χ3v) is 17.9. The Morgan fingerprint density at radius 3 is 1.02 bits per heavy atom. The molecule has 0 spiro atoms. The van der Waals surface area contributed by atoms with E-state index in [2.05, 4.69) is 231 Å². The quantitative estimate of drug-likeness (QED) is 0.0185. The van der Waals surface area contributed by atoms with Crippen LogP contribution in [0.2, 0.25) is 0 Å². The van der Waals surface area contributed by atoms with Gasteiger partial charge in [0, 0.05) is 5.75 Å². The van der Waals surface area contributed by atoms with Crippen LogP contribution in [0.4, 0.5) is 0 Å². The molecule has 10 rings (SSSR count). The van der Waals surface area contributed by atoms with Gasteiger partial charge in [0.15, 0.2) is 30.5 Å². The van der Waals surface area contributed by atoms with Crippen LogP contribution in [0, 0.1) is 0 Å². The molecule has 0 saturated carbocycles. The predicted molar refractivity (Wildman–Crippen MR) is 390 cm³/mol. The average Bonchev–Trinajstić information content (AvgIpc) is 0.783. The summed E-state index contributed by atoms with van der Waals surface area (Å²) in [6.45, 7) is 32.2. The molecule has 4 aliphatic rings. The standard InChI is InChI=1S/C25H22O4S.C19H16S.C6H7BrO4.2C6H15N.C6H8O4.C6H6O4.BHNS/c1-18-23(26)29-22(24(27)28-18)17-30-25(19-11-5-2-6-12-19,20-13-7-3-8-14-20)21-15-9-4-10-16-21;20-19(16-10-4-1-5-11-16,17-12-6-2-7-13-17)18-14-8-3-9-15-18;1-3-4(8)11-6(2,7)5(9)10-3;2*1-4-7(5-2)6-3;2*1-3-5(7)10-4(2)6(8)9-3;1-2-3/h2-16,18,22H,17H2,1H3;1-15,20H;3H,1-2H3;2*4-6H2,1-3H3;3-4H,1-2H3;4H,1H2,2H3;3H/t;;3-,6+;;;3-,4-;4-;/m..0..00./s1. The Morgan fingerprint density at radius 2 is 0.735 bits per heavy atom. The number of thioether (sulfide) groups is 1. The van der Waals surface area contributed by atoms with E-state index in [4.69, 9.17) is 26.8 Å². The third-order valence-electron chi connectivity index (χ3n) is 15.0. The van der Waals surface area contributed by atoms with Gasteiger partial charge in [0.05, 0.1) is 9.49 Å². The van der Waals surface area contributed by atoms with Crippen molar-refractivity contribution in [3.05, 3.63) is 228 Å². The summed E-state index contributed by atoms with van der Waals surface area (Å²) in [7, 11) is 4.34. The van der Waals surface area contributed by atoms with Gasteiger partial charge in [-0.2, -0.15) is 12.6 Å². The van der Waals surface area contributed by atoms with Crippen molar-refractivity contribution < 1.29 is 76.3 Å². The number of thiol groups is 2. The predicted octanol–water partition coefficient (Wildman–Crippen LogP) is 12.8. The Kier molecular flexibility index (Phi) is 37.5. The number of ether oxygens (including phenoxy) is 8. The van der Waals surface area contributed by atoms with Gasteiger partial charge >= 0.3 is 72.5 Å². The molecular formula is C74H90BBrN3O16S3. The molecule has 0 amide bonds. The molecule has 24 heteroatoms. The Hall–Kier alpha value is -7.87. The molecule has 4 heterocycles. The van der Waals surface area contributed by atoms with Gasteiger partial charge in [-0.15, -0.1) is 11.8 Å². The van der Waals surface area contributed by atoms with E-state index in [-0.39, 0.29) is 11.5 Å². The maximum absolute atomic E-state index is 12.4. The first-order valence-corrected chi connectivity index (χ1v) is 34.6. The Morgan fingerprint density at radius 1 is 0.459 bits per heavy atom. The summed E-state index contributed by atoms with van der Waals surface area (Å²) in [5.74, 6) is -4.31. The second-order valence-corrected chi connectivity index (χ2v) is 25.3. The summed E-state index contributed by atoms with van der Waals surface area (Å²) < 4.78 is 38.4. The van der Waals surface area contributed by atoms with Gasteiger partial charge in [-0.05, 0) is 137 Å². The SMILES string of the molecule is C=C1OC(=O)[C@H](C)OC1=O.CC1OC(=O)C(CSC(c2ccccc2)(c2ccccc2)c2ccccc2)OC1=O.CCN(CC)CC.CCN(CC)CC.C[C@@H]1OC(=O)[C@H](C)OC1=O.C[C@@H]1OC(=O)[C@](C)(Br)OC1=O.SC(c1ccccc1)(c1ccccc1)c1ccccc1.[B]=NS. The fraction of sp³-hybridized carbons (Fsp3) is 0.378. The molecule has 6 aromatic rings. The van der Waals surface area contributed by atoms with Gasteiger partial charge in [-0.25, -0.2) is 38.4 Å². The number of benzene rings is 6. The van der Waals surface area contributed by atoms with Crippen molar-refractivity contribution >= 4 is 109 Å². The van der Waals surface area contributed by atoms with Gasteiger partial charge in [-0.1, -0.05) is 224 Å². The molecule has 4 aliphatic heterocycles. The first-order chi connectivity index (χ1) is 46.7. The van der Waals surface area contributed by atoms with Crippen LogP contribution in [0.25, 0.3) is 0 Å². The molecule has 19 nitrogen and oxygen atoms in total. The van der Waals surface area contributed by atoms with E-state index >= 15 is 0 Å². The number of rotatable bonds is 15. The first kappa shape index (κ1) is 84.4. The summed E-state index contributed by atoms with van der Waals surface area (Å²) in [5, 5.41) is 0. The van der Waals surface area contributed by atoms with Crippen molar-refractivity contribution in [3.63, 3.8) is 0 Å². The topological polar surface area (TPSA) is 229 Å². The molecule has 1 radical (unpaired) electrons. The van der Waals surface area contributed by atoms with Crippen LogP contribution in [0.5, 0.6) is 0 Å². The van der Waals surface area contributed by atoms with E-state index in [0.717, 1.165) is 16.7 Å². The first-order valence-electron chi connectivity index (χ1n) is 31.9. The van der Waals surface area contributed by atoms with E-state index in [1.165, 1.54) is 97.5 Å². The number of esters is 8. The zero-order valence-corrected chi connectivity index (χ0v) is 61.8. The Labute approximate surface area is 601 Å². The van der Waals surface area contributed by atoms with Crippen molar-refractivity contribution in [2.24, 2.45) is 4.30 Å². The van der Waals surface area contributed by atoms with Gasteiger partial charge in [-0.3, -0.25) is 0 Å². The number of nitrogens with zero attached hydrogens (tertiary/aromatic N) is 3. The summed E-state index contributed by atoms with van der Waals surface area (Å²) in [5.41, 5.74) is 6.78.